The van der Waals surface area contributed by atoms with E-state index in [0.29, 0.717) is 6.07 Å². The van der Waals surface area contributed by atoms with Crippen molar-refractivity contribution in [2.45, 2.75) is 81.7 Å². The molecule has 1 aromatic carbocycles. The SMILES string of the molecule is CCOc1ccc(C(F)(F)OC2COC(C3CCC(C(F)(F)C(F)(F)C(F)(F)C(C)(F)F)CC3)OC2)c(F)c1F. The molecule has 2 aliphatic rings. The number of hydrogen-bond donors (Lipinski definition) is 0. The van der Waals surface area contributed by atoms with Gasteiger partial charge in [0.05, 0.1) is 25.4 Å². The summed E-state index contributed by atoms with van der Waals surface area (Å²) in [5.74, 6) is -30.8. The van der Waals surface area contributed by atoms with Crippen molar-refractivity contribution in [1.82, 2.24) is 0 Å². The van der Waals surface area contributed by atoms with E-state index in [0.717, 1.165) is 6.07 Å². The lowest BCUT2D eigenvalue weighted by Crippen LogP contribution is -2.63. The first-order valence-electron chi connectivity index (χ1n) is 12.2. The molecule has 1 aliphatic carbocycles. The molecule has 0 amide bonds. The highest BCUT2D eigenvalue weighted by Crippen LogP contribution is 2.57. The van der Waals surface area contributed by atoms with Crippen LogP contribution >= 0.6 is 0 Å². The maximum absolute atomic E-state index is 14.5. The third-order valence-electron chi connectivity index (χ3n) is 6.90. The average Bonchev–Trinajstić information content (AvgIpc) is 2.86. The van der Waals surface area contributed by atoms with Gasteiger partial charge in [-0.3, -0.25) is 0 Å². The van der Waals surface area contributed by atoms with Gasteiger partial charge in [0.2, 0.25) is 5.82 Å². The summed E-state index contributed by atoms with van der Waals surface area (Å²) in [4.78, 5) is 0. The maximum Gasteiger partial charge on any atom is 0.386 e. The van der Waals surface area contributed by atoms with Crippen LogP contribution in [0.3, 0.4) is 0 Å². The fourth-order valence-electron chi connectivity index (χ4n) is 4.63. The van der Waals surface area contributed by atoms with E-state index >= 15 is 0 Å². The normalized spacial score (nSPS) is 25.6. The van der Waals surface area contributed by atoms with Gasteiger partial charge in [-0.25, -0.2) is 4.39 Å². The molecule has 1 saturated heterocycles. The smallest absolute Gasteiger partial charge is 0.386 e. The molecule has 1 aliphatic heterocycles. The van der Waals surface area contributed by atoms with Gasteiger partial charge in [-0.1, -0.05) is 0 Å². The Labute approximate surface area is 220 Å². The molecule has 3 rings (SSSR count). The van der Waals surface area contributed by atoms with Crippen molar-refractivity contribution >= 4 is 0 Å². The minimum absolute atomic E-state index is 0.0508. The highest BCUT2D eigenvalue weighted by Gasteiger charge is 2.80. The summed E-state index contributed by atoms with van der Waals surface area (Å²) in [6.45, 7) is -0.284. The highest BCUT2D eigenvalue weighted by molar-refractivity contribution is 5.32. The number of ether oxygens (including phenoxy) is 4. The van der Waals surface area contributed by atoms with Crippen molar-refractivity contribution < 1.29 is 71.6 Å². The van der Waals surface area contributed by atoms with Crippen LogP contribution in [-0.4, -0.2) is 55.9 Å². The Hall–Kier alpha value is -1.94. The molecule has 0 aromatic heterocycles. The Morgan fingerprint density at radius 3 is 1.85 bits per heavy atom. The van der Waals surface area contributed by atoms with E-state index in [4.69, 9.17) is 14.2 Å². The first-order chi connectivity index (χ1) is 18.3. The molecule has 2 fully saturated rings. The number of halogens is 12. The average molecular weight is 606 g/mol. The van der Waals surface area contributed by atoms with E-state index in [2.05, 4.69) is 4.74 Å². The minimum Gasteiger partial charge on any atom is -0.491 e. The summed E-state index contributed by atoms with van der Waals surface area (Å²) in [5, 5.41) is 0. The van der Waals surface area contributed by atoms with E-state index in [1.807, 2.05) is 0 Å². The Balaban J connectivity index is 1.56. The third kappa shape index (κ3) is 5.98. The standard InChI is InChI=1S/C24H26F12O4/c1-3-37-16-9-8-15(17(25)18(16)26)22(31,32)40-14-10-38-19(39-11-14)12-4-6-13(7-5-12)21(29,30)24(35,36)23(33,34)20(2,27)28/h8-9,12-14,19H,3-7,10-11H2,1-2H3. The monoisotopic (exact) mass is 606 g/mol. The first-order valence-corrected chi connectivity index (χ1v) is 12.2. The molecule has 230 valence electrons. The molecule has 0 unspecified atom stereocenters. The highest BCUT2D eigenvalue weighted by atomic mass is 19.4. The fourth-order valence-corrected chi connectivity index (χ4v) is 4.63. The van der Waals surface area contributed by atoms with Gasteiger partial charge in [0.1, 0.15) is 6.10 Å². The second-order valence-electron chi connectivity index (χ2n) is 9.74. The second kappa shape index (κ2) is 11.4. The van der Waals surface area contributed by atoms with Crippen molar-refractivity contribution in [3.05, 3.63) is 29.3 Å². The van der Waals surface area contributed by atoms with Gasteiger partial charge in [-0.2, -0.15) is 48.3 Å². The van der Waals surface area contributed by atoms with Gasteiger partial charge in [-0.05, 0) is 44.7 Å². The van der Waals surface area contributed by atoms with Gasteiger partial charge < -0.3 is 18.9 Å². The lowest BCUT2D eigenvalue weighted by atomic mass is 9.75. The van der Waals surface area contributed by atoms with Gasteiger partial charge in [0.25, 0.3) is 0 Å². The van der Waals surface area contributed by atoms with Crippen molar-refractivity contribution in [1.29, 1.82) is 0 Å². The number of hydrogen-bond acceptors (Lipinski definition) is 4. The van der Waals surface area contributed by atoms with Crippen LogP contribution in [0.2, 0.25) is 0 Å². The van der Waals surface area contributed by atoms with Crippen LogP contribution in [0.1, 0.15) is 45.1 Å². The van der Waals surface area contributed by atoms with E-state index in [-0.39, 0.29) is 19.4 Å². The maximum atomic E-state index is 14.5. The summed E-state index contributed by atoms with van der Waals surface area (Å²) in [7, 11) is 0. The Kier molecular flexibility index (Phi) is 9.27. The molecule has 1 saturated carbocycles. The summed E-state index contributed by atoms with van der Waals surface area (Å²) in [6, 6.07) is 1.37. The molecule has 40 heavy (non-hydrogen) atoms. The van der Waals surface area contributed by atoms with E-state index < -0.39 is 110 Å². The molecule has 0 bridgehead atoms. The topological polar surface area (TPSA) is 36.9 Å². The zero-order valence-electron chi connectivity index (χ0n) is 21.1. The second-order valence-corrected chi connectivity index (χ2v) is 9.74. The van der Waals surface area contributed by atoms with Crippen LogP contribution in [0.25, 0.3) is 0 Å². The number of benzene rings is 1. The number of alkyl halides is 10. The van der Waals surface area contributed by atoms with Crippen LogP contribution in [0, 0.1) is 23.5 Å². The molecule has 1 aromatic rings. The quantitative estimate of drug-likeness (QED) is 0.258. The van der Waals surface area contributed by atoms with Gasteiger partial charge in [0.15, 0.2) is 17.9 Å². The van der Waals surface area contributed by atoms with Crippen LogP contribution in [0.15, 0.2) is 12.1 Å². The van der Waals surface area contributed by atoms with Crippen LogP contribution in [0.5, 0.6) is 5.75 Å². The van der Waals surface area contributed by atoms with Crippen molar-refractivity contribution in [2.24, 2.45) is 11.8 Å². The first kappa shape index (κ1) is 32.6. The fraction of sp³-hybridized carbons (Fsp3) is 0.750. The van der Waals surface area contributed by atoms with E-state index in [1.165, 1.54) is 6.92 Å². The molecular formula is C24H26F12O4. The molecule has 16 heteroatoms. The molecule has 4 nitrogen and oxygen atoms in total. The predicted octanol–water partition coefficient (Wildman–Crippen LogP) is 7.54. The Morgan fingerprint density at radius 1 is 0.800 bits per heavy atom. The summed E-state index contributed by atoms with van der Waals surface area (Å²) in [6.07, 6.45) is -9.15. The number of rotatable bonds is 10. The van der Waals surface area contributed by atoms with Crippen LogP contribution in [-0.2, 0) is 20.3 Å². The van der Waals surface area contributed by atoms with E-state index in [9.17, 15) is 52.7 Å². The lowest BCUT2D eigenvalue weighted by molar-refractivity contribution is -0.374. The summed E-state index contributed by atoms with van der Waals surface area (Å²) < 4.78 is 187. The van der Waals surface area contributed by atoms with Gasteiger partial charge in [0, 0.05) is 18.8 Å². The van der Waals surface area contributed by atoms with Crippen LogP contribution in [0.4, 0.5) is 52.7 Å². The third-order valence-corrected chi connectivity index (χ3v) is 6.90. The molecular weight excluding hydrogens is 580 g/mol. The molecule has 0 spiro atoms. The molecule has 0 N–H and O–H groups in total. The largest absolute Gasteiger partial charge is 0.491 e. The van der Waals surface area contributed by atoms with Crippen molar-refractivity contribution in [3.63, 3.8) is 0 Å². The molecule has 0 radical (unpaired) electrons. The van der Waals surface area contributed by atoms with Gasteiger partial charge in [-0.15, -0.1) is 0 Å². The Bertz CT molecular complexity index is 1010. The van der Waals surface area contributed by atoms with Gasteiger partial charge >= 0.3 is 29.8 Å². The zero-order chi connectivity index (χ0) is 30.3. The molecule has 1 heterocycles. The van der Waals surface area contributed by atoms with Crippen LogP contribution < -0.4 is 4.74 Å². The minimum atomic E-state index is -6.34. The lowest BCUT2D eigenvalue weighted by Gasteiger charge is -2.42. The Morgan fingerprint density at radius 2 is 1.35 bits per heavy atom. The molecule has 0 atom stereocenters. The van der Waals surface area contributed by atoms with Crippen molar-refractivity contribution in [3.8, 4) is 5.75 Å². The van der Waals surface area contributed by atoms with E-state index in [1.54, 1.807) is 0 Å². The summed E-state index contributed by atoms with van der Waals surface area (Å²) >= 11 is 0. The summed E-state index contributed by atoms with van der Waals surface area (Å²) in [5.41, 5.74) is -1.42. The van der Waals surface area contributed by atoms with Crippen molar-refractivity contribution in [2.75, 3.05) is 19.8 Å². The predicted molar refractivity (Wildman–Crippen MR) is 113 cm³/mol. The zero-order valence-corrected chi connectivity index (χ0v) is 21.1.